The lowest BCUT2D eigenvalue weighted by Gasteiger charge is -2.31. The lowest BCUT2D eigenvalue weighted by Crippen LogP contribution is -2.34. The molecule has 0 saturated heterocycles. The number of hydrogen-bond donors (Lipinski definition) is 0. The number of fused-ring (bicyclic) bond motifs is 1. The van der Waals surface area contributed by atoms with Crippen molar-refractivity contribution in [2.75, 3.05) is 6.54 Å². The summed E-state index contributed by atoms with van der Waals surface area (Å²) in [6.07, 6.45) is 0. The number of benzene rings is 1. The van der Waals surface area contributed by atoms with Crippen molar-refractivity contribution in [2.24, 2.45) is 0 Å². The maximum absolute atomic E-state index is 4.47. The van der Waals surface area contributed by atoms with Crippen LogP contribution in [0.25, 0.3) is 0 Å². The van der Waals surface area contributed by atoms with Gasteiger partial charge in [-0.25, -0.2) is 5.32 Å². The Balaban J connectivity index is 2.52. The fourth-order valence-corrected chi connectivity index (χ4v) is 1.86. The van der Waals surface area contributed by atoms with Crippen LogP contribution in [-0.2, 0) is 12.0 Å². The van der Waals surface area contributed by atoms with Crippen molar-refractivity contribution >= 4 is 0 Å². The Hall–Kier alpha value is -0.820. The smallest absolute Gasteiger partial charge is 0.0387 e. The van der Waals surface area contributed by atoms with Crippen molar-refractivity contribution in [2.45, 2.75) is 25.8 Å². The van der Waals surface area contributed by atoms with Crippen molar-refractivity contribution in [1.29, 1.82) is 0 Å². The van der Waals surface area contributed by atoms with Crippen LogP contribution in [0.5, 0.6) is 0 Å². The van der Waals surface area contributed by atoms with Crippen LogP contribution in [0.3, 0.4) is 0 Å². The van der Waals surface area contributed by atoms with Gasteiger partial charge in [-0.2, -0.15) is 0 Å². The van der Waals surface area contributed by atoms with Crippen LogP contribution in [0, 0.1) is 0 Å². The summed E-state index contributed by atoms with van der Waals surface area (Å²) >= 11 is 0. The monoisotopic (exact) mass is 160 g/mol. The van der Waals surface area contributed by atoms with Crippen molar-refractivity contribution in [3.8, 4) is 0 Å². The molecule has 63 valence electrons. The van der Waals surface area contributed by atoms with Crippen molar-refractivity contribution in [3.05, 3.63) is 35.4 Å². The molecule has 1 aromatic rings. The topological polar surface area (TPSA) is 14.1 Å². The summed E-state index contributed by atoms with van der Waals surface area (Å²) in [7, 11) is 0. The van der Waals surface area contributed by atoms with Crippen LogP contribution in [0.15, 0.2) is 24.3 Å². The van der Waals surface area contributed by atoms with E-state index in [1.54, 1.807) is 0 Å². The average Bonchev–Trinajstić information content (AvgIpc) is 2.04. The zero-order chi connectivity index (χ0) is 8.60. The molecule has 0 atom stereocenters. The second-order valence-corrected chi connectivity index (χ2v) is 4.08. The molecule has 1 heteroatoms. The summed E-state index contributed by atoms with van der Waals surface area (Å²) in [5, 5.41) is 4.47. The zero-order valence-electron chi connectivity index (χ0n) is 7.67. The molecule has 1 nitrogen and oxygen atoms in total. The maximum atomic E-state index is 4.47. The standard InChI is InChI=1S/C11H14N/c1-11(2)8-12-7-9-5-3-4-6-10(9)11/h3-6H,7-8H2,1-2H3. The molecule has 0 N–H and O–H groups in total. The van der Waals surface area contributed by atoms with E-state index >= 15 is 0 Å². The fraction of sp³-hybridized carbons (Fsp3) is 0.455. The summed E-state index contributed by atoms with van der Waals surface area (Å²) in [4.78, 5) is 0. The van der Waals surface area contributed by atoms with Gasteiger partial charge in [-0.15, -0.1) is 0 Å². The highest BCUT2D eigenvalue weighted by molar-refractivity contribution is 5.35. The van der Waals surface area contributed by atoms with Crippen molar-refractivity contribution in [1.82, 2.24) is 5.32 Å². The van der Waals surface area contributed by atoms with E-state index in [1.165, 1.54) is 11.1 Å². The van der Waals surface area contributed by atoms with Gasteiger partial charge in [0.1, 0.15) is 0 Å². The Morgan fingerprint density at radius 3 is 2.75 bits per heavy atom. The lowest BCUT2D eigenvalue weighted by molar-refractivity contribution is 0.428. The van der Waals surface area contributed by atoms with E-state index in [0.717, 1.165) is 13.1 Å². The van der Waals surface area contributed by atoms with Crippen LogP contribution in [-0.4, -0.2) is 6.54 Å². The molecule has 1 radical (unpaired) electrons. The van der Waals surface area contributed by atoms with Gasteiger partial charge in [-0.3, -0.25) is 0 Å². The Labute approximate surface area is 73.8 Å². The molecule has 0 bridgehead atoms. The zero-order valence-corrected chi connectivity index (χ0v) is 7.67. The molecule has 1 aliphatic rings. The average molecular weight is 160 g/mol. The van der Waals surface area contributed by atoms with Gasteiger partial charge >= 0.3 is 0 Å². The minimum absolute atomic E-state index is 0.245. The molecular weight excluding hydrogens is 146 g/mol. The predicted molar refractivity (Wildman–Crippen MR) is 50.2 cm³/mol. The van der Waals surface area contributed by atoms with Crippen LogP contribution in [0.1, 0.15) is 25.0 Å². The summed E-state index contributed by atoms with van der Waals surface area (Å²) in [5.74, 6) is 0. The van der Waals surface area contributed by atoms with Gasteiger partial charge in [0.05, 0.1) is 0 Å². The Kier molecular flexibility index (Phi) is 1.69. The van der Waals surface area contributed by atoms with E-state index in [2.05, 4.69) is 43.4 Å². The van der Waals surface area contributed by atoms with Crippen LogP contribution < -0.4 is 5.32 Å². The SMILES string of the molecule is CC1(C)C[N]Cc2ccccc21. The molecule has 1 aliphatic heterocycles. The third kappa shape index (κ3) is 1.14. The van der Waals surface area contributed by atoms with Crippen LogP contribution in [0.2, 0.25) is 0 Å². The van der Waals surface area contributed by atoms with E-state index in [4.69, 9.17) is 0 Å². The summed E-state index contributed by atoms with van der Waals surface area (Å²) in [5.41, 5.74) is 3.11. The largest absolute Gasteiger partial charge is 0.236 e. The molecule has 0 spiro atoms. The van der Waals surface area contributed by atoms with Gasteiger partial charge < -0.3 is 0 Å². The highest BCUT2D eigenvalue weighted by atomic mass is 14.9. The molecule has 0 aliphatic carbocycles. The van der Waals surface area contributed by atoms with Crippen LogP contribution >= 0.6 is 0 Å². The molecule has 0 aromatic heterocycles. The summed E-state index contributed by atoms with van der Waals surface area (Å²) in [6, 6.07) is 8.62. The van der Waals surface area contributed by atoms with E-state index in [0.29, 0.717) is 0 Å². The molecule has 1 aromatic carbocycles. The van der Waals surface area contributed by atoms with Gasteiger partial charge in [0.15, 0.2) is 0 Å². The molecule has 2 rings (SSSR count). The Bertz CT molecular complexity index is 289. The first-order valence-electron chi connectivity index (χ1n) is 4.42. The third-order valence-corrected chi connectivity index (χ3v) is 2.54. The summed E-state index contributed by atoms with van der Waals surface area (Å²) < 4.78 is 0. The normalized spacial score (nSPS) is 20.2. The maximum Gasteiger partial charge on any atom is 0.0387 e. The molecule has 0 saturated carbocycles. The van der Waals surface area contributed by atoms with E-state index in [1.807, 2.05) is 0 Å². The minimum Gasteiger partial charge on any atom is -0.236 e. The number of nitrogens with zero attached hydrogens (tertiary/aromatic N) is 1. The van der Waals surface area contributed by atoms with E-state index in [9.17, 15) is 0 Å². The minimum atomic E-state index is 0.245. The predicted octanol–water partition coefficient (Wildman–Crippen LogP) is 2.08. The first-order valence-corrected chi connectivity index (χ1v) is 4.42. The van der Waals surface area contributed by atoms with E-state index in [-0.39, 0.29) is 5.41 Å². The second kappa shape index (κ2) is 2.60. The first-order chi connectivity index (χ1) is 5.70. The molecule has 0 amide bonds. The molecule has 0 unspecified atom stereocenters. The lowest BCUT2D eigenvalue weighted by atomic mass is 9.79. The van der Waals surface area contributed by atoms with Gasteiger partial charge in [-0.1, -0.05) is 38.1 Å². The highest BCUT2D eigenvalue weighted by Gasteiger charge is 2.26. The number of rotatable bonds is 0. The van der Waals surface area contributed by atoms with Gasteiger partial charge in [0.2, 0.25) is 0 Å². The molecule has 12 heavy (non-hydrogen) atoms. The highest BCUT2D eigenvalue weighted by Crippen LogP contribution is 2.29. The van der Waals surface area contributed by atoms with Crippen molar-refractivity contribution < 1.29 is 0 Å². The summed E-state index contributed by atoms with van der Waals surface area (Å²) in [6.45, 7) is 6.38. The van der Waals surface area contributed by atoms with Gasteiger partial charge in [0.25, 0.3) is 0 Å². The quantitative estimate of drug-likeness (QED) is 0.551. The molecule has 1 heterocycles. The van der Waals surface area contributed by atoms with Crippen molar-refractivity contribution in [3.63, 3.8) is 0 Å². The number of hydrogen-bond acceptors (Lipinski definition) is 0. The van der Waals surface area contributed by atoms with Gasteiger partial charge in [0, 0.05) is 18.5 Å². The molecular formula is C11H14N. The van der Waals surface area contributed by atoms with E-state index < -0.39 is 0 Å². The molecule has 0 fully saturated rings. The Morgan fingerprint density at radius 1 is 1.25 bits per heavy atom. The Morgan fingerprint density at radius 2 is 2.00 bits per heavy atom. The second-order valence-electron chi connectivity index (χ2n) is 4.08. The first kappa shape index (κ1) is 7.81. The van der Waals surface area contributed by atoms with Crippen LogP contribution in [0.4, 0.5) is 0 Å². The third-order valence-electron chi connectivity index (χ3n) is 2.54. The fourth-order valence-electron chi connectivity index (χ4n) is 1.86. The van der Waals surface area contributed by atoms with Gasteiger partial charge in [-0.05, 0) is 11.1 Å².